The Balaban J connectivity index is 1.95. The monoisotopic (exact) mass is 423 g/mol. The van der Waals surface area contributed by atoms with Gasteiger partial charge < -0.3 is 24.1 Å². The summed E-state index contributed by atoms with van der Waals surface area (Å²) in [6.07, 6.45) is 1.47. The minimum absolute atomic E-state index is 0.267. The van der Waals surface area contributed by atoms with Gasteiger partial charge in [0.15, 0.2) is 23.0 Å². The van der Waals surface area contributed by atoms with Crippen LogP contribution >= 0.6 is 0 Å². The van der Waals surface area contributed by atoms with Crippen LogP contribution in [0.5, 0.6) is 23.0 Å². The number of hydrogen-bond acceptors (Lipinski definition) is 6. The van der Waals surface area contributed by atoms with E-state index in [2.05, 4.69) is 11.8 Å². The van der Waals surface area contributed by atoms with Gasteiger partial charge in [-0.15, -0.1) is 0 Å². The zero-order valence-electron chi connectivity index (χ0n) is 18.7. The third kappa shape index (κ3) is 2.71. The summed E-state index contributed by atoms with van der Waals surface area (Å²) in [6, 6.07) is 8.06. The third-order valence-corrected chi connectivity index (χ3v) is 7.32. The maximum atomic E-state index is 11.7. The summed E-state index contributed by atoms with van der Waals surface area (Å²) in [6.45, 7) is 3.96. The Hall–Kier alpha value is -2.70. The first kappa shape index (κ1) is 20.2. The third-order valence-electron chi connectivity index (χ3n) is 7.32. The molecule has 2 atom stereocenters. The minimum Gasteiger partial charge on any atom is -0.493 e. The molecule has 3 aromatic rings. The fourth-order valence-corrected chi connectivity index (χ4v) is 5.58. The van der Waals surface area contributed by atoms with Crippen LogP contribution in [0.2, 0.25) is 0 Å². The van der Waals surface area contributed by atoms with E-state index in [9.17, 15) is 5.11 Å². The molecule has 0 aromatic heterocycles. The molecule has 0 bridgehead atoms. The maximum absolute atomic E-state index is 11.7. The molecular formula is C25H29NO5. The van der Waals surface area contributed by atoms with Gasteiger partial charge in [-0.2, -0.15) is 0 Å². The number of aliphatic hydroxyl groups is 1. The lowest BCUT2D eigenvalue weighted by molar-refractivity contribution is -0.0142. The molecule has 31 heavy (non-hydrogen) atoms. The Morgan fingerprint density at radius 1 is 0.806 bits per heavy atom. The average Bonchev–Trinajstić information content (AvgIpc) is 3.19. The van der Waals surface area contributed by atoms with Crippen LogP contribution in [0.15, 0.2) is 24.3 Å². The number of nitrogens with zero attached hydrogens (tertiary/aromatic N) is 1. The molecule has 2 heterocycles. The predicted molar refractivity (Wildman–Crippen MR) is 121 cm³/mol. The van der Waals surface area contributed by atoms with Gasteiger partial charge in [-0.3, -0.25) is 4.90 Å². The van der Waals surface area contributed by atoms with Crippen molar-refractivity contribution in [2.75, 3.05) is 35.0 Å². The number of rotatable bonds is 4. The SMILES string of the molecule is COc1cc2c3c(c4cc(OC)c(OC)cc4c2cc1OC)[C@H](O)[C@]1(C)CCCN1C3. The highest BCUT2D eigenvalue weighted by atomic mass is 16.5. The van der Waals surface area contributed by atoms with Gasteiger partial charge in [0.2, 0.25) is 0 Å². The summed E-state index contributed by atoms with van der Waals surface area (Å²) in [4.78, 5) is 2.42. The Bertz CT molecular complexity index is 1190. The highest BCUT2D eigenvalue weighted by Crippen LogP contribution is 2.52. The molecule has 0 amide bonds. The first-order valence-electron chi connectivity index (χ1n) is 10.7. The second kappa shape index (κ2) is 7.18. The number of benzene rings is 3. The smallest absolute Gasteiger partial charge is 0.161 e. The first-order valence-corrected chi connectivity index (χ1v) is 10.7. The van der Waals surface area contributed by atoms with E-state index in [1.807, 2.05) is 24.3 Å². The highest BCUT2D eigenvalue weighted by molar-refractivity contribution is 6.13. The molecule has 0 aliphatic carbocycles. The van der Waals surface area contributed by atoms with Crippen molar-refractivity contribution in [2.45, 2.75) is 38.0 Å². The summed E-state index contributed by atoms with van der Waals surface area (Å²) in [5, 5.41) is 15.8. The van der Waals surface area contributed by atoms with E-state index < -0.39 is 6.10 Å². The largest absolute Gasteiger partial charge is 0.493 e. The average molecular weight is 424 g/mol. The first-order chi connectivity index (χ1) is 15.0. The van der Waals surface area contributed by atoms with Crippen molar-refractivity contribution in [2.24, 2.45) is 0 Å². The van der Waals surface area contributed by atoms with Crippen LogP contribution in [-0.4, -0.2) is 50.5 Å². The molecule has 2 aliphatic heterocycles. The van der Waals surface area contributed by atoms with Gasteiger partial charge in [-0.25, -0.2) is 0 Å². The molecule has 6 heteroatoms. The Morgan fingerprint density at radius 3 is 1.84 bits per heavy atom. The molecule has 3 aromatic carbocycles. The number of hydrogen-bond donors (Lipinski definition) is 1. The molecule has 6 nitrogen and oxygen atoms in total. The molecule has 5 rings (SSSR count). The van der Waals surface area contributed by atoms with Crippen LogP contribution in [0.25, 0.3) is 21.5 Å². The molecule has 164 valence electrons. The number of aliphatic hydroxyl groups excluding tert-OH is 1. The van der Waals surface area contributed by atoms with Gasteiger partial charge in [0.05, 0.1) is 34.5 Å². The van der Waals surface area contributed by atoms with Crippen LogP contribution in [0.4, 0.5) is 0 Å². The van der Waals surface area contributed by atoms with Gasteiger partial charge in [-0.05, 0) is 83.2 Å². The Kier molecular flexibility index (Phi) is 4.68. The summed E-state index contributed by atoms with van der Waals surface area (Å²) < 4.78 is 22.4. The molecule has 0 unspecified atom stereocenters. The summed E-state index contributed by atoms with van der Waals surface area (Å²) in [5.74, 6) is 2.67. The summed E-state index contributed by atoms with van der Waals surface area (Å²) in [5.41, 5.74) is 1.86. The lowest BCUT2D eigenvalue weighted by Crippen LogP contribution is -2.49. The lowest BCUT2D eigenvalue weighted by Gasteiger charge is -2.45. The van der Waals surface area contributed by atoms with Crippen molar-refractivity contribution < 1.29 is 24.1 Å². The van der Waals surface area contributed by atoms with Crippen LogP contribution in [0.3, 0.4) is 0 Å². The second-order valence-electron chi connectivity index (χ2n) is 8.68. The quantitative estimate of drug-likeness (QED) is 0.627. The normalized spacial score (nSPS) is 23.0. The van der Waals surface area contributed by atoms with E-state index in [1.165, 1.54) is 0 Å². The van der Waals surface area contributed by atoms with Crippen LogP contribution in [0, 0.1) is 0 Å². The van der Waals surface area contributed by atoms with Gasteiger partial charge in [0.1, 0.15) is 0 Å². The standard InChI is InChI=1S/C25H29NO5/c1-25-7-6-8-26(25)13-18-16-11-21(30-4)19(28-2)9-14(16)15-10-20(29-3)22(31-5)12-17(15)23(18)24(25)27/h9-12,24,27H,6-8,13H2,1-5H3/t24-,25-/m0/s1. The van der Waals surface area contributed by atoms with Crippen molar-refractivity contribution in [3.05, 3.63) is 35.4 Å². The Labute approximate surface area is 182 Å². The predicted octanol–water partition coefficient (Wildman–Crippen LogP) is 4.43. The Morgan fingerprint density at radius 2 is 1.29 bits per heavy atom. The molecule has 1 fully saturated rings. The van der Waals surface area contributed by atoms with E-state index in [4.69, 9.17) is 18.9 Å². The van der Waals surface area contributed by atoms with Crippen molar-refractivity contribution >= 4 is 21.5 Å². The molecule has 0 radical (unpaired) electrons. The van der Waals surface area contributed by atoms with Gasteiger partial charge in [0.25, 0.3) is 0 Å². The molecular weight excluding hydrogens is 394 g/mol. The molecule has 0 spiro atoms. The van der Waals surface area contributed by atoms with Crippen molar-refractivity contribution in [3.63, 3.8) is 0 Å². The van der Waals surface area contributed by atoms with Gasteiger partial charge >= 0.3 is 0 Å². The maximum Gasteiger partial charge on any atom is 0.161 e. The van der Waals surface area contributed by atoms with Crippen molar-refractivity contribution in [3.8, 4) is 23.0 Å². The van der Waals surface area contributed by atoms with Crippen LogP contribution in [-0.2, 0) is 6.54 Å². The van der Waals surface area contributed by atoms with E-state index in [1.54, 1.807) is 28.4 Å². The zero-order valence-corrected chi connectivity index (χ0v) is 18.7. The number of ether oxygens (including phenoxy) is 4. The number of methoxy groups -OCH3 is 4. The summed E-state index contributed by atoms with van der Waals surface area (Å²) in [7, 11) is 6.58. The van der Waals surface area contributed by atoms with Crippen LogP contribution < -0.4 is 18.9 Å². The summed E-state index contributed by atoms with van der Waals surface area (Å²) >= 11 is 0. The van der Waals surface area contributed by atoms with E-state index in [0.717, 1.165) is 58.6 Å². The van der Waals surface area contributed by atoms with Crippen molar-refractivity contribution in [1.82, 2.24) is 4.90 Å². The fourth-order valence-electron chi connectivity index (χ4n) is 5.58. The minimum atomic E-state index is -0.600. The second-order valence-corrected chi connectivity index (χ2v) is 8.68. The van der Waals surface area contributed by atoms with Crippen LogP contribution in [0.1, 0.15) is 37.0 Å². The lowest BCUT2D eigenvalue weighted by atomic mass is 9.77. The highest BCUT2D eigenvalue weighted by Gasteiger charge is 2.48. The van der Waals surface area contributed by atoms with E-state index in [-0.39, 0.29) is 5.54 Å². The van der Waals surface area contributed by atoms with E-state index >= 15 is 0 Å². The molecule has 2 aliphatic rings. The molecule has 1 saturated heterocycles. The van der Waals surface area contributed by atoms with Gasteiger partial charge in [-0.1, -0.05) is 0 Å². The zero-order chi connectivity index (χ0) is 21.9. The van der Waals surface area contributed by atoms with Gasteiger partial charge in [0, 0.05) is 12.1 Å². The molecule has 1 N–H and O–H groups in total. The number of fused-ring (bicyclic) bond motifs is 7. The fraction of sp³-hybridized carbons (Fsp3) is 0.440. The van der Waals surface area contributed by atoms with Crippen molar-refractivity contribution in [1.29, 1.82) is 0 Å². The topological polar surface area (TPSA) is 60.4 Å². The van der Waals surface area contributed by atoms with E-state index in [0.29, 0.717) is 23.0 Å². The molecule has 0 saturated carbocycles.